The zero-order chi connectivity index (χ0) is 19.4. The second-order valence-corrected chi connectivity index (χ2v) is 6.49. The summed E-state index contributed by atoms with van der Waals surface area (Å²) >= 11 is 0. The molecule has 1 aromatic heterocycles. The smallest absolute Gasteiger partial charge is 0.295 e. The molecule has 1 aliphatic heterocycles. The third-order valence-electron chi connectivity index (χ3n) is 4.61. The summed E-state index contributed by atoms with van der Waals surface area (Å²) < 4.78 is 5.06. The van der Waals surface area contributed by atoms with E-state index in [-0.39, 0.29) is 11.3 Å². The predicted octanol–water partition coefficient (Wildman–Crippen LogP) is 2.85. The van der Waals surface area contributed by atoms with Gasteiger partial charge in [0.1, 0.15) is 5.76 Å². The van der Waals surface area contributed by atoms with Crippen molar-refractivity contribution in [3.63, 3.8) is 0 Å². The van der Waals surface area contributed by atoms with Crippen LogP contribution in [-0.2, 0) is 14.3 Å². The number of carbonyl (C=O) groups is 2. The largest absolute Gasteiger partial charge is 0.507 e. The van der Waals surface area contributed by atoms with E-state index in [2.05, 4.69) is 4.98 Å². The van der Waals surface area contributed by atoms with Crippen LogP contribution in [0.3, 0.4) is 0 Å². The average molecular weight is 366 g/mol. The van der Waals surface area contributed by atoms with Gasteiger partial charge in [-0.2, -0.15) is 0 Å². The summed E-state index contributed by atoms with van der Waals surface area (Å²) in [5, 5.41) is 10.9. The molecule has 2 aromatic rings. The quantitative estimate of drug-likeness (QED) is 0.368. The summed E-state index contributed by atoms with van der Waals surface area (Å²) in [7, 11) is 1.59. The maximum atomic E-state index is 12.8. The zero-order valence-electron chi connectivity index (χ0n) is 15.4. The number of ether oxygens (including phenoxy) is 1. The van der Waals surface area contributed by atoms with E-state index in [9.17, 15) is 14.7 Å². The summed E-state index contributed by atoms with van der Waals surface area (Å²) in [5.74, 6) is -1.47. The van der Waals surface area contributed by atoms with Crippen molar-refractivity contribution < 1.29 is 19.4 Å². The topological polar surface area (TPSA) is 79.7 Å². The number of hydrogen-bond donors (Lipinski definition) is 1. The molecule has 3 rings (SSSR count). The van der Waals surface area contributed by atoms with Crippen LogP contribution in [0.15, 0.2) is 54.4 Å². The number of aromatic nitrogens is 1. The van der Waals surface area contributed by atoms with Gasteiger partial charge in [0.2, 0.25) is 0 Å². The molecular weight excluding hydrogens is 344 g/mol. The second-order valence-electron chi connectivity index (χ2n) is 6.49. The van der Waals surface area contributed by atoms with Crippen LogP contribution < -0.4 is 0 Å². The van der Waals surface area contributed by atoms with Crippen LogP contribution in [0.25, 0.3) is 5.76 Å². The van der Waals surface area contributed by atoms with Gasteiger partial charge in [0, 0.05) is 38.2 Å². The number of aliphatic hydroxyl groups excluding tert-OH is 1. The lowest BCUT2D eigenvalue weighted by atomic mass is 9.96. The Hall–Kier alpha value is -2.99. The Morgan fingerprint density at radius 1 is 1.22 bits per heavy atom. The fourth-order valence-electron chi connectivity index (χ4n) is 3.24. The predicted molar refractivity (Wildman–Crippen MR) is 101 cm³/mol. The molecular formula is C21H22N2O4. The summed E-state index contributed by atoms with van der Waals surface area (Å²) in [4.78, 5) is 31.0. The number of benzene rings is 1. The first kappa shape index (κ1) is 18.8. The summed E-state index contributed by atoms with van der Waals surface area (Å²) in [6, 6.07) is 10.1. The summed E-state index contributed by atoms with van der Waals surface area (Å²) in [6.07, 6.45) is 3.83. The molecule has 1 aromatic carbocycles. The Labute approximate surface area is 158 Å². The lowest BCUT2D eigenvalue weighted by Gasteiger charge is -2.25. The van der Waals surface area contributed by atoms with Crippen LogP contribution in [0.1, 0.15) is 29.2 Å². The number of aliphatic hydroxyl groups is 1. The zero-order valence-corrected chi connectivity index (χ0v) is 15.4. The first-order chi connectivity index (χ1) is 13.0. The Balaban J connectivity index is 2.09. The molecule has 6 heteroatoms. The fourth-order valence-corrected chi connectivity index (χ4v) is 3.24. The van der Waals surface area contributed by atoms with Gasteiger partial charge in [-0.15, -0.1) is 0 Å². The van der Waals surface area contributed by atoms with Crippen LogP contribution in [0.4, 0.5) is 0 Å². The van der Waals surface area contributed by atoms with Crippen molar-refractivity contribution in [3.05, 3.63) is 71.1 Å². The molecule has 0 bridgehead atoms. The highest BCUT2D eigenvalue weighted by atomic mass is 16.5. The van der Waals surface area contributed by atoms with Crippen molar-refractivity contribution in [1.82, 2.24) is 9.88 Å². The third kappa shape index (κ3) is 3.75. The number of likely N-dealkylation sites (tertiary alicyclic amines) is 1. The number of nitrogens with zero attached hydrogens (tertiary/aromatic N) is 2. The van der Waals surface area contributed by atoms with Gasteiger partial charge in [-0.1, -0.05) is 35.9 Å². The second kappa shape index (κ2) is 8.14. The molecule has 1 N–H and O–H groups in total. The maximum Gasteiger partial charge on any atom is 0.295 e. The minimum absolute atomic E-state index is 0.0919. The van der Waals surface area contributed by atoms with E-state index in [4.69, 9.17) is 4.74 Å². The van der Waals surface area contributed by atoms with Crippen molar-refractivity contribution in [2.45, 2.75) is 19.4 Å². The maximum absolute atomic E-state index is 12.8. The molecule has 1 amide bonds. The molecule has 0 spiro atoms. The molecule has 1 saturated heterocycles. The van der Waals surface area contributed by atoms with Gasteiger partial charge in [0.25, 0.3) is 11.7 Å². The molecule has 0 unspecified atom stereocenters. The number of ketones is 1. The molecule has 1 atom stereocenters. The lowest BCUT2D eigenvalue weighted by molar-refractivity contribution is -0.140. The number of Topliss-reactive ketones (excluding diaryl/α,β-unsaturated/α-hetero) is 1. The van der Waals surface area contributed by atoms with Crippen LogP contribution in [0.2, 0.25) is 0 Å². The van der Waals surface area contributed by atoms with E-state index >= 15 is 0 Å². The highest BCUT2D eigenvalue weighted by Crippen LogP contribution is 2.39. The van der Waals surface area contributed by atoms with Gasteiger partial charge in [-0.25, -0.2) is 0 Å². The van der Waals surface area contributed by atoms with E-state index in [0.29, 0.717) is 30.7 Å². The van der Waals surface area contributed by atoms with E-state index in [1.165, 1.54) is 4.90 Å². The monoisotopic (exact) mass is 366 g/mol. The summed E-state index contributed by atoms with van der Waals surface area (Å²) in [6.45, 7) is 2.76. The van der Waals surface area contributed by atoms with E-state index in [0.717, 1.165) is 5.56 Å². The van der Waals surface area contributed by atoms with Gasteiger partial charge in [0.15, 0.2) is 0 Å². The number of pyridine rings is 1. The molecule has 1 fully saturated rings. The van der Waals surface area contributed by atoms with Crippen molar-refractivity contribution in [2.75, 3.05) is 20.3 Å². The third-order valence-corrected chi connectivity index (χ3v) is 4.61. The van der Waals surface area contributed by atoms with Gasteiger partial charge < -0.3 is 14.7 Å². The Kier molecular flexibility index (Phi) is 5.66. The Morgan fingerprint density at radius 3 is 2.59 bits per heavy atom. The number of aryl methyl sites for hydroxylation is 1. The highest BCUT2D eigenvalue weighted by Gasteiger charge is 2.45. The lowest BCUT2D eigenvalue weighted by Crippen LogP contribution is -2.31. The van der Waals surface area contributed by atoms with Crippen molar-refractivity contribution in [2.24, 2.45) is 0 Å². The minimum atomic E-state index is -0.681. The van der Waals surface area contributed by atoms with Crippen LogP contribution in [0, 0.1) is 6.92 Å². The number of methoxy groups -OCH3 is 1. The van der Waals surface area contributed by atoms with Gasteiger partial charge >= 0.3 is 0 Å². The summed E-state index contributed by atoms with van der Waals surface area (Å²) in [5.41, 5.74) is 2.32. The number of carbonyl (C=O) groups excluding carboxylic acids is 2. The van der Waals surface area contributed by atoms with Crippen LogP contribution in [0.5, 0.6) is 0 Å². The molecule has 0 aliphatic carbocycles. The fraction of sp³-hybridized carbons (Fsp3) is 0.286. The number of amides is 1. The van der Waals surface area contributed by atoms with Crippen LogP contribution in [-0.4, -0.2) is 46.9 Å². The van der Waals surface area contributed by atoms with Crippen molar-refractivity contribution >= 4 is 17.4 Å². The van der Waals surface area contributed by atoms with Gasteiger partial charge in [0.05, 0.1) is 11.6 Å². The van der Waals surface area contributed by atoms with E-state index in [1.807, 2.05) is 19.1 Å². The van der Waals surface area contributed by atoms with Crippen molar-refractivity contribution in [3.8, 4) is 0 Å². The first-order valence-corrected chi connectivity index (χ1v) is 8.79. The number of rotatable bonds is 6. The molecule has 6 nitrogen and oxygen atoms in total. The molecule has 0 saturated carbocycles. The van der Waals surface area contributed by atoms with E-state index < -0.39 is 17.7 Å². The SMILES string of the molecule is COCCCN1C(=O)C(=O)C(=C(O)c2ccc(C)cc2)[C@H]1c1cccnc1. The molecule has 0 radical (unpaired) electrons. The Morgan fingerprint density at radius 2 is 1.96 bits per heavy atom. The average Bonchev–Trinajstić information content (AvgIpc) is 2.94. The molecule has 27 heavy (non-hydrogen) atoms. The molecule has 140 valence electrons. The van der Waals surface area contributed by atoms with Gasteiger partial charge in [-0.3, -0.25) is 14.6 Å². The van der Waals surface area contributed by atoms with Crippen LogP contribution >= 0.6 is 0 Å². The van der Waals surface area contributed by atoms with Crippen molar-refractivity contribution in [1.29, 1.82) is 0 Å². The molecule has 1 aliphatic rings. The highest BCUT2D eigenvalue weighted by molar-refractivity contribution is 6.46. The normalized spacial score (nSPS) is 18.9. The molecule has 2 heterocycles. The standard InChI is InChI=1S/C21H22N2O4/c1-14-6-8-15(9-7-14)19(24)17-18(16-5-3-10-22-13-16)23(11-4-12-27-2)21(26)20(17)25/h3,5-10,13,18,24H,4,11-12H2,1-2H3/t18-/m1/s1. The van der Waals surface area contributed by atoms with E-state index in [1.54, 1.807) is 43.8 Å². The Bertz CT molecular complexity index is 860. The minimum Gasteiger partial charge on any atom is -0.507 e. The van der Waals surface area contributed by atoms with Gasteiger partial charge in [-0.05, 0) is 25.0 Å². The number of hydrogen-bond acceptors (Lipinski definition) is 5. The first-order valence-electron chi connectivity index (χ1n) is 8.79.